The lowest BCUT2D eigenvalue weighted by atomic mass is 10.1. The number of hydrogen-bond acceptors (Lipinski definition) is 1. The Morgan fingerprint density at radius 2 is 1.73 bits per heavy atom. The molecule has 0 heterocycles. The van der Waals surface area contributed by atoms with Crippen LogP contribution in [-0.2, 0) is 11.2 Å². The van der Waals surface area contributed by atoms with E-state index in [2.05, 4.69) is 5.32 Å². The topological polar surface area (TPSA) is 29.1 Å². The number of benzene rings is 2. The third-order valence-corrected chi connectivity index (χ3v) is 4.12. The zero-order valence-corrected chi connectivity index (χ0v) is 13.6. The van der Waals surface area contributed by atoms with Gasteiger partial charge in [-0.2, -0.15) is 0 Å². The van der Waals surface area contributed by atoms with E-state index >= 15 is 0 Å². The van der Waals surface area contributed by atoms with Gasteiger partial charge in [0, 0.05) is 16.5 Å². The van der Waals surface area contributed by atoms with E-state index in [1.165, 1.54) is 12.1 Å². The van der Waals surface area contributed by atoms with Crippen molar-refractivity contribution in [2.45, 2.75) is 25.8 Å². The average Bonchev–Trinajstić information content (AvgIpc) is 2.47. The van der Waals surface area contributed by atoms with Crippen molar-refractivity contribution in [3.8, 4) is 0 Å². The van der Waals surface area contributed by atoms with Crippen molar-refractivity contribution < 1.29 is 9.18 Å². The first-order valence-corrected chi connectivity index (χ1v) is 7.70. The van der Waals surface area contributed by atoms with E-state index in [0.29, 0.717) is 16.5 Å². The van der Waals surface area contributed by atoms with Gasteiger partial charge in [-0.15, -0.1) is 0 Å². The van der Waals surface area contributed by atoms with Gasteiger partial charge in [-0.1, -0.05) is 41.4 Å². The number of halogens is 3. The molecule has 2 aromatic carbocycles. The Labute approximate surface area is 139 Å². The molecule has 1 atom stereocenters. The smallest absolute Gasteiger partial charge is 0.220 e. The molecule has 0 aromatic heterocycles. The van der Waals surface area contributed by atoms with Gasteiger partial charge in [0.05, 0.1) is 6.04 Å². The van der Waals surface area contributed by atoms with Crippen LogP contribution < -0.4 is 5.32 Å². The van der Waals surface area contributed by atoms with Crippen LogP contribution in [0.3, 0.4) is 0 Å². The van der Waals surface area contributed by atoms with Crippen LogP contribution in [0.4, 0.5) is 4.39 Å². The molecular weight excluding hydrogens is 324 g/mol. The summed E-state index contributed by atoms with van der Waals surface area (Å²) in [5.41, 5.74) is 1.63. The van der Waals surface area contributed by atoms with Gasteiger partial charge in [-0.3, -0.25) is 4.79 Å². The Morgan fingerprint density at radius 1 is 1.14 bits per heavy atom. The van der Waals surface area contributed by atoms with Crippen LogP contribution in [0.2, 0.25) is 10.0 Å². The van der Waals surface area contributed by atoms with Crippen LogP contribution in [0.25, 0.3) is 0 Å². The molecule has 0 aliphatic rings. The predicted octanol–water partition coefficient (Wildman–Crippen LogP) is 4.94. The van der Waals surface area contributed by atoms with Gasteiger partial charge in [-0.25, -0.2) is 4.39 Å². The largest absolute Gasteiger partial charge is 0.350 e. The van der Waals surface area contributed by atoms with Crippen molar-refractivity contribution in [1.29, 1.82) is 0 Å². The summed E-state index contributed by atoms with van der Waals surface area (Å²) in [4.78, 5) is 12.0. The van der Waals surface area contributed by atoms with E-state index in [0.717, 1.165) is 11.1 Å². The first-order chi connectivity index (χ1) is 10.5. The molecule has 2 nitrogen and oxygen atoms in total. The van der Waals surface area contributed by atoms with Crippen LogP contribution in [0.5, 0.6) is 0 Å². The standard InChI is InChI=1S/C17H16Cl2FNO/c1-11(12-5-7-13(20)8-6-12)21-17(22)10-9-14-15(18)3-2-4-16(14)19/h2-8,11H,9-10H2,1H3,(H,21,22)/t11-/m1/s1. The normalized spacial score (nSPS) is 12.0. The van der Waals surface area contributed by atoms with Gasteiger partial charge in [0.2, 0.25) is 5.91 Å². The summed E-state index contributed by atoms with van der Waals surface area (Å²) in [7, 11) is 0. The van der Waals surface area contributed by atoms with Crippen LogP contribution in [0, 0.1) is 5.82 Å². The summed E-state index contributed by atoms with van der Waals surface area (Å²) in [6, 6.07) is 11.2. The quantitative estimate of drug-likeness (QED) is 0.820. The monoisotopic (exact) mass is 339 g/mol. The summed E-state index contributed by atoms with van der Waals surface area (Å²) in [5.74, 6) is -0.400. The lowest BCUT2D eigenvalue weighted by Gasteiger charge is -2.14. The van der Waals surface area contributed by atoms with Crippen LogP contribution >= 0.6 is 23.2 Å². The minimum absolute atomic E-state index is 0.104. The van der Waals surface area contributed by atoms with Gasteiger partial charge in [-0.05, 0) is 48.7 Å². The zero-order chi connectivity index (χ0) is 16.1. The first kappa shape index (κ1) is 16.8. The van der Waals surface area contributed by atoms with Crippen molar-refractivity contribution in [2.24, 2.45) is 0 Å². The highest BCUT2D eigenvalue weighted by molar-refractivity contribution is 6.36. The van der Waals surface area contributed by atoms with Crippen LogP contribution in [-0.4, -0.2) is 5.91 Å². The Morgan fingerprint density at radius 3 is 2.32 bits per heavy atom. The SMILES string of the molecule is C[C@@H](NC(=O)CCc1c(Cl)cccc1Cl)c1ccc(F)cc1. The van der Waals surface area contributed by atoms with Crippen LogP contribution in [0.1, 0.15) is 30.5 Å². The van der Waals surface area contributed by atoms with E-state index in [9.17, 15) is 9.18 Å². The number of hydrogen-bond donors (Lipinski definition) is 1. The van der Waals surface area contributed by atoms with E-state index in [1.54, 1.807) is 30.3 Å². The third-order valence-electron chi connectivity index (χ3n) is 3.41. The van der Waals surface area contributed by atoms with Crippen LogP contribution in [0.15, 0.2) is 42.5 Å². The number of amides is 1. The molecule has 1 amide bonds. The highest BCUT2D eigenvalue weighted by Gasteiger charge is 2.12. The Balaban J connectivity index is 1.91. The Hall–Kier alpha value is -1.58. The van der Waals surface area contributed by atoms with Crippen molar-refractivity contribution in [3.63, 3.8) is 0 Å². The molecule has 0 fully saturated rings. The van der Waals surface area contributed by atoms with Gasteiger partial charge < -0.3 is 5.32 Å². The molecule has 0 aliphatic carbocycles. The lowest BCUT2D eigenvalue weighted by molar-refractivity contribution is -0.121. The van der Waals surface area contributed by atoms with Gasteiger partial charge in [0.15, 0.2) is 0 Å². The fraction of sp³-hybridized carbons (Fsp3) is 0.235. The summed E-state index contributed by atoms with van der Waals surface area (Å²) in [6.45, 7) is 1.85. The molecule has 0 saturated heterocycles. The number of carbonyl (C=O) groups is 1. The molecular formula is C17H16Cl2FNO. The summed E-state index contributed by atoms with van der Waals surface area (Å²) in [6.07, 6.45) is 0.759. The molecule has 1 N–H and O–H groups in total. The van der Waals surface area contributed by atoms with Gasteiger partial charge in [0.25, 0.3) is 0 Å². The molecule has 0 saturated carbocycles. The highest BCUT2D eigenvalue weighted by Crippen LogP contribution is 2.25. The number of carbonyl (C=O) groups excluding carboxylic acids is 1. The second-order valence-corrected chi connectivity index (χ2v) is 5.86. The summed E-state index contributed by atoms with van der Waals surface area (Å²) >= 11 is 12.2. The first-order valence-electron chi connectivity index (χ1n) is 6.95. The third kappa shape index (κ3) is 4.46. The maximum absolute atomic E-state index is 12.9. The maximum Gasteiger partial charge on any atom is 0.220 e. The molecule has 0 aliphatic heterocycles. The maximum atomic E-state index is 12.9. The summed E-state index contributed by atoms with van der Waals surface area (Å²) in [5, 5.41) is 4.00. The molecule has 116 valence electrons. The van der Waals surface area contributed by atoms with E-state index in [-0.39, 0.29) is 24.2 Å². The average molecular weight is 340 g/mol. The predicted molar refractivity (Wildman–Crippen MR) is 87.7 cm³/mol. The van der Waals surface area contributed by atoms with E-state index < -0.39 is 0 Å². The van der Waals surface area contributed by atoms with E-state index in [4.69, 9.17) is 23.2 Å². The number of nitrogens with one attached hydrogen (secondary N) is 1. The second kappa shape index (κ2) is 7.61. The molecule has 0 bridgehead atoms. The molecule has 0 spiro atoms. The zero-order valence-electron chi connectivity index (χ0n) is 12.1. The summed E-state index contributed by atoms with van der Waals surface area (Å²) < 4.78 is 12.9. The van der Waals surface area contributed by atoms with Crippen molar-refractivity contribution in [3.05, 3.63) is 69.5 Å². The van der Waals surface area contributed by atoms with Crippen molar-refractivity contribution in [2.75, 3.05) is 0 Å². The number of rotatable bonds is 5. The fourth-order valence-corrected chi connectivity index (χ4v) is 2.74. The Bertz CT molecular complexity index is 638. The van der Waals surface area contributed by atoms with Gasteiger partial charge in [0.1, 0.15) is 5.82 Å². The minimum atomic E-state index is -0.296. The highest BCUT2D eigenvalue weighted by atomic mass is 35.5. The molecule has 2 aromatic rings. The minimum Gasteiger partial charge on any atom is -0.350 e. The Kier molecular flexibility index (Phi) is 5.81. The molecule has 5 heteroatoms. The van der Waals surface area contributed by atoms with Crippen molar-refractivity contribution in [1.82, 2.24) is 5.32 Å². The van der Waals surface area contributed by atoms with E-state index in [1.807, 2.05) is 6.92 Å². The molecule has 0 radical (unpaired) electrons. The molecule has 22 heavy (non-hydrogen) atoms. The lowest BCUT2D eigenvalue weighted by Crippen LogP contribution is -2.26. The van der Waals surface area contributed by atoms with Crippen molar-refractivity contribution >= 4 is 29.1 Å². The molecule has 0 unspecified atom stereocenters. The molecule has 2 rings (SSSR count). The fourth-order valence-electron chi connectivity index (χ4n) is 2.16. The second-order valence-electron chi connectivity index (χ2n) is 5.04. The van der Waals surface area contributed by atoms with Gasteiger partial charge >= 0.3 is 0 Å².